The van der Waals surface area contributed by atoms with Crippen LogP contribution in [-0.4, -0.2) is 59.0 Å². The Morgan fingerprint density at radius 2 is 1.88 bits per heavy atom. The molecule has 1 saturated heterocycles. The summed E-state index contributed by atoms with van der Waals surface area (Å²) in [4.78, 5) is 20.8. The summed E-state index contributed by atoms with van der Waals surface area (Å²) in [6, 6.07) is -0.107. The zero-order chi connectivity index (χ0) is 24.5. The van der Waals surface area contributed by atoms with Crippen LogP contribution in [0.3, 0.4) is 0 Å². The van der Waals surface area contributed by atoms with E-state index in [1.54, 1.807) is 34.2 Å². The van der Waals surface area contributed by atoms with Crippen LogP contribution in [0.15, 0.2) is 40.2 Å². The minimum absolute atomic E-state index is 0.0747. The van der Waals surface area contributed by atoms with Gasteiger partial charge in [0.05, 0.1) is 0 Å². The van der Waals surface area contributed by atoms with Gasteiger partial charge in [-0.3, -0.25) is 4.99 Å². The fourth-order valence-electron chi connectivity index (χ4n) is 3.85. The number of alkyl halides is 2. The van der Waals surface area contributed by atoms with Gasteiger partial charge in [0.2, 0.25) is 0 Å². The highest BCUT2D eigenvalue weighted by Gasteiger charge is 2.35. The molecule has 0 radical (unpaired) electrons. The average Bonchev–Trinajstić information content (AvgIpc) is 2.74. The van der Waals surface area contributed by atoms with Crippen LogP contribution in [0, 0.1) is 0 Å². The maximum absolute atomic E-state index is 14.4. The molecule has 0 N–H and O–H groups in total. The quantitative estimate of drug-likeness (QED) is 0.222. The van der Waals surface area contributed by atoms with Gasteiger partial charge in [0.1, 0.15) is 6.10 Å². The number of hydrogen-bond donors (Lipinski definition) is 0. The van der Waals surface area contributed by atoms with Crippen LogP contribution in [0.4, 0.5) is 13.6 Å². The van der Waals surface area contributed by atoms with E-state index in [9.17, 15) is 13.6 Å². The number of allylic oxidation sites excluding steroid dienone is 5. The second-order valence-corrected chi connectivity index (χ2v) is 8.83. The number of hydrogen-bond acceptors (Lipinski definition) is 4. The Morgan fingerprint density at radius 3 is 2.34 bits per heavy atom. The van der Waals surface area contributed by atoms with Crippen LogP contribution in [0.5, 0.6) is 0 Å². The first-order valence-corrected chi connectivity index (χ1v) is 12.1. The van der Waals surface area contributed by atoms with Crippen molar-refractivity contribution in [3.63, 3.8) is 0 Å². The number of carbonyl (C=O) groups excluding carboxylic acids is 1. The van der Waals surface area contributed by atoms with Crippen molar-refractivity contribution in [3.05, 3.63) is 35.2 Å². The van der Waals surface area contributed by atoms with Crippen molar-refractivity contribution in [2.75, 3.05) is 19.6 Å². The standard InChI is InChI=1S/C24H40F2N3O2P/c1-8-12-13-27-18(6)22(21(11-4)24(25,26)32)19(7)28-14-15-29(17(5)16-28)23(30)31-20(9-2)10-3/h11-13,17,20H,8-10,14-16,32H2,1-7H3/b13-12+,21-11+,22-19-,27-18+. The van der Waals surface area contributed by atoms with E-state index < -0.39 is 5.66 Å². The zero-order valence-corrected chi connectivity index (χ0v) is 21.8. The van der Waals surface area contributed by atoms with Crippen LogP contribution in [-0.2, 0) is 4.74 Å². The van der Waals surface area contributed by atoms with Gasteiger partial charge < -0.3 is 14.5 Å². The average molecular weight is 472 g/mol. The van der Waals surface area contributed by atoms with Crippen molar-refractivity contribution in [2.45, 2.75) is 85.5 Å². The van der Waals surface area contributed by atoms with E-state index in [-0.39, 0.29) is 23.8 Å². The number of amides is 1. The van der Waals surface area contributed by atoms with Gasteiger partial charge in [-0.1, -0.05) is 42.2 Å². The van der Waals surface area contributed by atoms with Crippen molar-refractivity contribution >= 4 is 21.0 Å². The minimum Gasteiger partial charge on any atom is -0.446 e. The third kappa shape index (κ3) is 7.68. The highest BCUT2D eigenvalue weighted by atomic mass is 31.0. The van der Waals surface area contributed by atoms with Gasteiger partial charge >= 0.3 is 6.09 Å². The first kappa shape index (κ1) is 28.3. The molecular formula is C24H40F2N3O2P. The number of carbonyl (C=O) groups is 1. The molecule has 0 aromatic rings. The summed E-state index contributed by atoms with van der Waals surface area (Å²) in [6.45, 7) is 14.7. The maximum Gasteiger partial charge on any atom is 0.410 e. The third-order valence-corrected chi connectivity index (χ3v) is 6.08. The largest absolute Gasteiger partial charge is 0.446 e. The van der Waals surface area contributed by atoms with Crippen LogP contribution in [0.2, 0.25) is 0 Å². The lowest BCUT2D eigenvalue weighted by Gasteiger charge is -2.42. The molecule has 5 nitrogen and oxygen atoms in total. The molecule has 1 fully saturated rings. The van der Waals surface area contributed by atoms with Gasteiger partial charge in [-0.25, -0.2) is 4.79 Å². The lowest BCUT2D eigenvalue weighted by Crippen LogP contribution is -2.54. The SMILES string of the molecule is C\C=C(C(/C(C)=N/C=C/CC)=C(/C)N1CCN(C(=O)OC(CC)CC)C(C)C1)\C(F)(F)P. The van der Waals surface area contributed by atoms with Crippen LogP contribution in [0.1, 0.15) is 67.7 Å². The molecule has 32 heavy (non-hydrogen) atoms. The number of rotatable bonds is 9. The van der Waals surface area contributed by atoms with Crippen molar-refractivity contribution < 1.29 is 18.3 Å². The molecule has 0 saturated carbocycles. The first-order valence-electron chi connectivity index (χ1n) is 11.5. The fraction of sp³-hybridized carbons (Fsp3) is 0.667. The maximum atomic E-state index is 14.4. The van der Waals surface area contributed by atoms with Gasteiger partial charge in [-0.05, 0) is 47.0 Å². The predicted octanol–water partition coefficient (Wildman–Crippen LogP) is 6.39. The van der Waals surface area contributed by atoms with Gasteiger partial charge in [0.25, 0.3) is 5.66 Å². The summed E-state index contributed by atoms with van der Waals surface area (Å²) in [7, 11) is 1.63. The Hall–Kier alpha value is -1.75. The molecule has 2 atom stereocenters. The smallest absolute Gasteiger partial charge is 0.410 e. The Morgan fingerprint density at radius 1 is 1.25 bits per heavy atom. The second-order valence-electron chi connectivity index (χ2n) is 8.10. The zero-order valence-electron chi connectivity index (χ0n) is 20.6. The fourth-order valence-corrected chi connectivity index (χ4v) is 4.16. The number of aliphatic imine (C=N–C) groups is 1. The normalized spacial score (nSPS) is 19.7. The molecule has 0 spiro atoms. The van der Waals surface area contributed by atoms with Crippen LogP contribution >= 0.6 is 9.24 Å². The van der Waals surface area contributed by atoms with Gasteiger partial charge in [0, 0.05) is 54.4 Å². The van der Waals surface area contributed by atoms with E-state index in [2.05, 4.69) is 9.89 Å². The Bertz CT molecular complexity index is 753. The Kier molecular flexibility index (Phi) is 11.6. The monoisotopic (exact) mass is 471 g/mol. The van der Waals surface area contributed by atoms with Crippen molar-refractivity contribution in [1.29, 1.82) is 0 Å². The molecule has 8 heteroatoms. The molecule has 0 bridgehead atoms. The predicted molar refractivity (Wildman–Crippen MR) is 132 cm³/mol. The molecule has 1 amide bonds. The lowest BCUT2D eigenvalue weighted by molar-refractivity contribution is 0.0311. The number of piperazine rings is 1. The third-order valence-electron chi connectivity index (χ3n) is 5.76. The Balaban J connectivity index is 3.23. The van der Waals surface area contributed by atoms with E-state index in [0.29, 0.717) is 30.9 Å². The molecule has 2 unspecified atom stereocenters. The summed E-state index contributed by atoms with van der Waals surface area (Å²) in [5, 5.41) is 0. The summed E-state index contributed by atoms with van der Waals surface area (Å²) < 4.78 is 34.5. The highest BCUT2D eigenvalue weighted by molar-refractivity contribution is 7.18. The topological polar surface area (TPSA) is 45.1 Å². The number of nitrogens with zero attached hydrogens (tertiary/aromatic N) is 3. The molecule has 1 aliphatic heterocycles. The van der Waals surface area contributed by atoms with Gasteiger partial charge in [-0.15, -0.1) is 0 Å². The molecular weight excluding hydrogens is 431 g/mol. The Labute approximate surface area is 194 Å². The van der Waals surface area contributed by atoms with Crippen LogP contribution in [0.25, 0.3) is 0 Å². The first-order chi connectivity index (χ1) is 15.0. The molecule has 0 aromatic heterocycles. The van der Waals surface area contributed by atoms with Crippen molar-refractivity contribution in [3.8, 4) is 0 Å². The van der Waals surface area contributed by atoms with Crippen molar-refractivity contribution in [2.24, 2.45) is 4.99 Å². The van der Waals surface area contributed by atoms with Crippen LogP contribution < -0.4 is 0 Å². The summed E-state index contributed by atoms with van der Waals surface area (Å²) in [6.07, 6.45) is 6.98. The van der Waals surface area contributed by atoms with E-state index >= 15 is 0 Å². The van der Waals surface area contributed by atoms with E-state index in [1.807, 2.05) is 40.7 Å². The highest BCUT2D eigenvalue weighted by Crippen LogP contribution is 2.38. The summed E-state index contributed by atoms with van der Waals surface area (Å²) >= 11 is 0. The summed E-state index contributed by atoms with van der Waals surface area (Å²) in [5.74, 6) is 0. The second kappa shape index (κ2) is 13.1. The van der Waals surface area contributed by atoms with Crippen molar-refractivity contribution in [1.82, 2.24) is 9.80 Å². The number of halogens is 2. The summed E-state index contributed by atoms with van der Waals surface area (Å²) in [5.41, 5.74) is -1.46. The molecule has 1 rings (SSSR count). The van der Waals surface area contributed by atoms with E-state index in [4.69, 9.17) is 4.74 Å². The molecule has 182 valence electrons. The van der Waals surface area contributed by atoms with Gasteiger partial charge in [0.15, 0.2) is 0 Å². The molecule has 0 aromatic carbocycles. The lowest BCUT2D eigenvalue weighted by atomic mass is 9.98. The minimum atomic E-state index is -3.08. The number of ether oxygens (including phenoxy) is 1. The molecule has 1 heterocycles. The molecule has 1 aliphatic rings. The van der Waals surface area contributed by atoms with Gasteiger partial charge in [-0.2, -0.15) is 8.78 Å². The molecule has 0 aliphatic carbocycles. The van der Waals surface area contributed by atoms with E-state index in [0.717, 1.165) is 25.0 Å². The van der Waals surface area contributed by atoms with E-state index in [1.165, 1.54) is 6.08 Å².